The molecule has 1 saturated carbocycles. The summed E-state index contributed by atoms with van der Waals surface area (Å²) >= 11 is 0. The maximum Gasteiger partial charge on any atom is 0.281 e. The second-order valence-electron chi connectivity index (χ2n) is 7.91. The molecular formula is C16H28N4O3S. The van der Waals surface area contributed by atoms with Crippen LogP contribution in [0.15, 0.2) is 4.99 Å². The minimum atomic E-state index is -3.44. The maximum atomic E-state index is 13.1. The van der Waals surface area contributed by atoms with Gasteiger partial charge in [-0.1, -0.05) is 13.8 Å². The van der Waals surface area contributed by atoms with Crippen molar-refractivity contribution in [3.63, 3.8) is 0 Å². The molecule has 0 radical (unpaired) electrons. The van der Waals surface area contributed by atoms with Gasteiger partial charge in [0.15, 0.2) is 0 Å². The SMILES string of the molecule is CC1=N[C@@]2(CC[C@@H]3CN(S(=O)(=O)N(C)C)C[C@@H]32)C(=O)N1CC(C)C. The van der Waals surface area contributed by atoms with Gasteiger partial charge < -0.3 is 0 Å². The van der Waals surface area contributed by atoms with Crippen LogP contribution >= 0.6 is 0 Å². The molecule has 0 aromatic heterocycles. The highest BCUT2D eigenvalue weighted by Gasteiger charge is 2.61. The van der Waals surface area contributed by atoms with E-state index in [1.807, 2.05) is 6.92 Å². The van der Waals surface area contributed by atoms with Gasteiger partial charge in [0.25, 0.3) is 16.1 Å². The lowest BCUT2D eigenvalue weighted by Gasteiger charge is -2.29. The van der Waals surface area contributed by atoms with E-state index in [0.29, 0.717) is 25.6 Å². The first-order valence-corrected chi connectivity index (χ1v) is 10.1. The number of amidine groups is 1. The van der Waals surface area contributed by atoms with Crippen molar-refractivity contribution in [3.05, 3.63) is 0 Å². The predicted molar refractivity (Wildman–Crippen MR) is 92.8 cm³/mol. The molecule has 1 saturated heterocycles. The third kappa shape index (κ3) is 2.50. The summed E-state index contributed by atoms with van der Waals surface area (Å²) in [6.45, 7) is 7.63. The molecule has 2 heterocycles. The van der Waals surface area contributed by atoms with E-state index < -0.39 is 15.7 Å². The van der Waals surface area contributed by atoms with Crippen LogP contribution in [0.3, 0.4) is 0 Å². The Hall–Kier alpha value is -0.990. The van der Waals surface area contributed by atoms with Crippen molar-refractivity contribution in [1.82, 2.24) is 13.5 Å². The van der Waals surface area contributed by atoms with E-state index in [9.17, 15) is 13.2 Å². The van der Waals surface area contributed by atoms with Crippen molar-refractivity contribution in [3.8, 4) is 0 Å². The van der Waals surface area contributed by atoms with Gasteiger partial charge in [-0.05, 0) is 31.6 Å². The lowest BCUT2D eigenvalue weighted by molar-refractivity contribution is -0.132. The number of hydrogen-bond donors (Lipinski definition) is 0. The molecular weight excluding hydrogens is 328 g/mol. The number of rotatable bonds is 4. The average Bonchev–Trinajstić information content (AvgIpc) is 3.10. The molecule has 0 N–H and O–H groups in total. The van der Waals surface area contributed by atoms with Gasteiger partial charge >= 0.3 is 0 Å². The van der Waals surface area contributed by atoms with E-state index in [1.165, 1.54) is 8.61 Å². The number of hydrogen-bond acceptors (Lipinski definition) is 4. The molecule has 3 aliphatic rings. The highest BCUT2D eigenvalue weighted by atomic mass is 32.2. The summed E-state index contributed by atoms with van der Waals surface area (Å²) in [4.78, 5) is 19.7. The van der Waals surface area contributed by atoms with Crippen LogP contribution in [0.4, 0.5) is 0 Å². The largest absolute Gasteiger partial charge is 0.298 e. The third-order valence-corrected chi connectivity index (χ3v) is 7.49. The third-order valence-electron chi connectivity index (χ3n) is 5.62. The topological polar surface area (TPSA) is 73.3 Å². The number of amides is 1. The van der Waals surface area contributed by atoms with E-state index in [0.717, 1.165) is 18.7 Å². The molecule has 0 unspecified atom stereocenters. The molecule has 2 aliphatic heterocycles. The second kappa shape index (κ2) is 5.78. The van der Waals surface area contributed by atoms with Gasteiger partial charge in [0.05, 0.1) is 0 Å². The van der Waals surface area contributed by atoms with Crippen molar-refractivity contribution in [2.24, 2.45) is 22.7 Å². The van der Waals surface area contributed by atoms with Crippen LogP contribution in [0, 0.1) is 17.8 Å². The van der Waals surface area contributed by atoms with E-state index in [4.69, 9.17) is 4.99 Å². The van der Waals surface area contributed by atoms with Crippen molar-refractivity contribution in [1.29, 1.82) is 0 Å². The zero-order valence-electron chi connectivity index (χ0n) is 15.2. The Morgan fingerprint density at radius 2 is 2.00 bits per heavy atom. The normalized spacial score (nSPS) is 34.0. The zero-order chi connectivity index (χ0) is 17.9. The summed E-state index contributed by atoms with van der Waals surface area (Å²) in [6.07, 6.45) is 1.60. The molecule has 136 valence electrons. The smallest absolute Gasteiger partial charge is 0.281 e. The summed E-state index contributed by atoms with van der Waals surface area (Å²) in [7, 11) is -0.339. The van der Waals surface area contributed by atoms with Gasteiger partial charge in [0.1, 0.15) is 11.4 Å². The van der Waals surface area contributed by atoms with Crippen LogP contribution in [-0.4, -0.2) is 72.9 Å². The quantitative estimate of drug-likeness (QED) is 0.747. The Balaban J connectivity index is 1.86. The highest BCUT2D eigenvalue weighted by Crippen LogP contribution is 2.50. The van der Waals surface area contributed by atoms with Crippen molar-refractivity contribution >= 4 is 22.0 Å². The van der Waals surface area contributed by atoms with Crippen molar-refractivity contribution < 1.29 is 13.2 Å². The Bertz CT molecular complexity index is 673. The van der Waals surface area contributed by atoms with Gasteiger partial charge in [0.2, 0.25) is 0 Å². The lowest BCUT2D eigenvalue weighted by atomic mass is 9.85. The first kappa shape index (κ1) is 17.8. The van der Waals surface area contributed by atoms with Crippen LogP contribution in [0.25, 0.3) is 0 Å². The minimum absolute atomic E-state index is 0.00756. The molecule has 2 fully saturated rings. The van der Waals surface area contributed by atoms with E-state index in [-0.39, 0.29) is 17.7 Å². The number of aliphatic imine (C=N–C) groups is 1. The van der Waals surface area contributed by atoms with E-state index >= 15 is 0 Å². The number of carbonyl (C=O) groups excluding carboxylic acids is 1. The Labute approximate surface area is 144 Å². The molecule has 0 bridgehead atoms. The molecule has 7 nitrogen and oxygen atoms in total. The average molecular weight is 356 g/mol. The molecule has 1 aliphatic carbocycles. The molecule has 1 spiro atoms. The Morgan fingerprint density at radius 1 is 1.33 bits per heavy atom. The van der Waals surface area contributed by atoms with Crippen LogP contribution in [-0.2, 0) is 15.0 Å². The molecule has 3 atom stereocenters. The molecule has 24 heavy (non-hydrogen) atoms. The Morgan fingerprint density at radius 3 is 2.58 bits per heavy atom. The fraction of sp³-hybridized carbons (Fsp3) is 0.875. The molecule has 0 aromatic rings. The molecule has 1 amide bonds. The number of carbonyl (C=O) groups is 1. The first-order valence-electron chi connectivity index (χ1n) is 8.65. The summed E-state index contributed by atoms with van der Waals surface area (Å²) in [5.41, 5.74) is -0.736. The van der Waals surface area contributed by atoms with E-state index in [2.05, 4.69) is 13.8 Å². The Kier molecular flexibility index (Phi) is 4.29. The van der Waals surface area contributed by atoms with Gasteiger partial charge in [-0.15, -0.1) is 0 Å². The molecule has 3 rings (SSSR count). The highest BCUT2D eigenvalue weighted by molar-refractivity contribution is 7.86. The van der Waals surface area contributed by atoms with Crippen LogP contribution in [0.2, 0.25) is 0 Å². The second-order valence-corrected chi connectivity index (χ2v) is 10.0. The summed E-state index contributed by atoms with van der Waals surface area (Å²) in [6, 6.07) is 0. The van der Waals surface area contributed by atoms with Crippen LogP contribution in [0.5, 0.6) is 0 Å². The number of fused-ring (bicyclic) bond motifs is 2. The summed E-state index contributed by atoms with van der Waals surface area (Å²) in [5.74, 6) is 1.44. The lowest BCUT2D eigenvalue weighted by Crippen LogP contribution is -2.48. The van der Waals surface area contributed by atoms with Gasteiger partial charge in [-0.25, -0.2) is 0 Å². The van der Waals surface area contributed by atoms with Crippen LogP contribution in [0.1, 0.15) is 33.6 Å². The summed E-state index contributed by atoms with van der Waals surface area (Å²) < 4.78 is 27.7. The van der Waals surface area contributed by atoms with Gasteiger partial charge in [-0.3, -0.25) is 14.7 Å². The maximum absolute atomic E-state index is 13.1. The van der Waals surface area contributed by atoms with Gasteiger partial charge in [-0.2, -0.15) is 17.0 Å². The first-order chi connectivity index (χ1) is 11.1. The van der Waals surface area contributed by atoms with Crippen LogP contribution < -0.4 is 0 Å². The molecule has 8 heteroatoms. The number of nitrogens with zero attached hydrogens (tertiary/aromatic N) is 4. The zero-order valence-corrected chi connectivity index (χ0v) is 16.0. The van der Waals surface area contributed by atoms with Gasteiger partial charge in [0, 0.05) is 39.6 Å². The fourth-order valence-corrected chi connectivity index (χ4v) is 5.63. The predicted octanol–water partition coefficient (Wildman–Crippen LogP) is 0.790. The van der Waals surface area contributed by atoms with E-state index in [1.54, 1.807) is 19.0 Å². The fourth-order valence-electron chi connectivity index (χ4n) is 4.44. The monoisotopic (exact) mass is 356 g/mol. The van der Waals surface area contributed by atoms with Crippen molar-refractivity contribution in [2.75, 3.05) is 33.7 Å². The minimum Gasteiger partial charge on any atom is -0.298 e. The van der Waals surface area contributed by atoms with Crippen molar-refractivity contribution in [2.45, 2.75) is 39.2 Å². The molecule has 0 aromatic carbocycles. The standard InChI is InChI=1S/C16H28N4O3S/c1-11(2)8-20-12(3)17-16(15(20)21)7-6-13-9-19(10-14(13)16)24(22,23)18(4)5/h11,13-14H,6-10H2,1-5H3/t13-,14+,16-/m1/s1. The summed E-state index contributed by atoms with van der Waals surface area (Å²) in [5, 5.41) is 0.